The number of pyridine rings is 1. The van der Waals surface area contributed by atoms with Gasteiger partial charge in [-0.25, -0.2) is 4.98 Å². The van der Waals surface area contributed by atoms with Gasteiger partial charge in [-0.05, 0) is 53.3 Å². The average molecular weight is 388 g/mol. The highest BCUT2D eigenvalue weighted by atomic mass is 127. The van der Waals surface area contributed by atoms with Crippen LogP contribution in [0.5, 0.6) is 0 Å². The molecule has 0 N–H and O–H groups in total. The number of hydrogen-bond donors (Lipinski definition) is 0. The molecule has 0 bridgehead atoms. The number of fused-ring (bicyclic) bond motifs is 1. The highest BCUT2D eigenvalue weighted by Gasteiger charge is 2.14. The topological polar surface area (TPSA) is 53.0 Å². The molecule has 1 heterocycles. The Morgan fingerprint density at radius 3 is 2.52 bits per heavy atom. The number of aromatic nitrogens is 1. The monoisotopic (exact) mass is 388 g/mol. The van der Waals surface area contributed by atoms with Crippen LogP contribution in [0, 0.1) is 10.5 Å². The van der Waals surface area contributed by atoms with Gasteiger partial charge in [-0.15, -0.1) is 0 Å². The van der Waals surface area contributed by atoms with Crippen LogP contribution < -0.4 is 5.11 Å². The van der Waals surface area contributed by atoms with E-state index >= 15 is 0 Å². The third-order valence-electron chi connectivity index (χ3n) is 3.44. The molecule has 104 valence electrons. The zero-order valence-electron chi connectivity index (χ0n) is 11.3. The lowest BCUT2D eigenvalue weighted by Gasteiger charge is -2.15. The molecule has 21 heavy (non-hydrogen) atoms. The Morgan fingerprint density at radius 1 is 1.14 bits per heavy atom. The third-order valence-corrected chi connectivity index (χ3v) is 4.11. The number of carboxylic acids is 1. The number of benzene rings is 2. The first kappa shape index (κ1) is 14.0. The molecule has 0 aliphatic rings. The molecule has 3 rings (SSSR count). The Morgan fingerprint density at radius 2 is 1.86 bits per heavy atom. The molecule has 0 amide bonds. The summed E-state index contributed by atoms with van der Waals surface area (Å²) in [6.45, 7) is 1.78. The molecular weight excluding hydrogens is 377 g/mol. The van der Waals surface area contributed by atoms with Gasteiger partial charge in [-0.2, -0.15) is 0 Å². The van der Waals surface area contributed by atoms with Crippen molar-refractivity contribution < 1.29 is 9.90 Å². The number of rotatable bonds is 2. The predicted octanol–water partition coefficient (Wildman–Crippen LogP) is 3.18. The minimum absolute atomic E-state index is 0.220. The molecule has 0 aliphatic carbocycles. The van der Waals surface area contributed by atoms with Crippen molar-refractivity contribution in [2.24, 2.45) is 0 Å². The molecule has 0 saturated heterocycles. The van der Waals surface area contributed by atoms with Crippen LogP contribution in [0.15, 0.2) is 48.5 Å². The van der Waals surface area contributed by atoms with Crippen LogP contribution in [0.3, 0.4) is 0 Å². The Labute approximate surface area is 135 Å². The maximum absolute atomic E-state index is 11.6. The van der Waals surface area contributed by atoms with E-state index in [1.54, 1.807) is 6.92 Å². The maximum Gasteiger partial charge on any atom is 0.0745 e. The molecule has 2 aromatic carbocycles. The molecule has 0 spiro atoms. The Hall–Kier alpha value is -1.95. The highest BCUT2D eigenvalue weighted by Crippen LogP contribution is 2.30. The highest BCUT2D eigenvalue weighted by molar-refractivity contribution is 14.1. The molecule has 0 radical (unpaired) electrons. The van der Waals surface area contributed by atoms with Crippen molar-refractivity contribution in [1.82, 2.24) is 4.98 Å². The SMILES string of the molecule is Cc1c(-c2ccccc2)nc2ccc(I)cc2c1C(=O)[O-]. The number of carbonyl (C=O) groups excluding carboxylic acids is 1. The number of carboxylic acid groups (broad SMARTS) is 1. The minimum atomic E-state index is -1.17. The smallest absolute Gasteiger partial charge is 0.0745 e. The third kappa shape index (κ3) is 2.51. The van der Waals surface area contributed by atoms with Crippen LogP contribution >= 0.6 is 22.6 Å². The van der Waals surface area contributed by atoms with E-state index in [2.05, 4.69) is 27.6 Å². The summed E-state index contributed by atoms with van der Waals surface area (Å²) in [5, 5.41) is 12.2. The summed E-state index contributed by atoms with van der Waals surface area (Å²) in [6.07, 6.45) is 0. The average Bonchev–Trinajstić information content (AvgIpc) is 2.47. The van der Waals surface area contributed by atoms with Gasteiger partial charge in [0.1, 0.15) is 0 Å². The Balaban J connectivity index is 2.41. The van der Waals surface area contributed by atoms with Gasteiger partial charge in [0.2, 0.25) is 0 Å². The van der Waals surface area contributed by atoms with E-state index in [4.69, 9.17) is 0 Å². The van der Waals surface area contributed by atoms with Gasteiger partial charge in [0.25, 0.3) is 0 Å². The summed E-state index contributed by atoms with van der Waals surface area (Å²) >= 11 is 2.16. The largest absolute Gasteiger partial charge is 0.545 e. The summed E-state index contributed by atoms with van der Waals surface area (Å²) < 4.78 is 0.969. The van der Waals surface area contributed by atoms with Crippen molar-refractivity contribution in [2.75, 3.05) is 0 Å². The van der Waals surface area contributed by atoms with Gasteiger partial charge in [-0.1, -0.05) is 30.3 Å². The summed E-state index contributed by atoms with van der Waals surface area (Å²) in [5.74, 6) is -1.17. The van der Waals surface area contributed by atoms with E-state index < -0.39 is 5.97 Å². The van der Waals surface area contributed by atoms with Crippen molar-refractivity contribution in [1.29, 1.82) is 0 Å². The minimum Gasteiger partial charge on any atom is -0.545 e. The fourth-order valence-electron chi connectivity index (χ4n) is 2.47. The van der Waals surface area contributed by atoms with Crippen LogP contribution in [-0.2, 0) is 0 Å². The van der Waals surface area contributed by atoms with Crippen molar-refractivity contribution in [2.45, 2.75) is 6.92 Å². The number of aromatic carboxylic acids is 1. The second-order valence-corrected chi connectivity index (χ2v) is 6.02. The first-order chi connectivity index (χ1) is 10.1. The first-order valence-electron chi connectivity index (χ1n) is 6.44. The molecule has 1 aromatic heterocycles. The number of nitrogens with zero attached hydrogens (tertiary/aromatic N) is 1. The molecule has 0 unspecified atom stereocenters. The lowest BCUT2D eigenvalue weighted by molar-refractivity contribution is -0.254. The second-order valence-electron chi connectivity index (χ2n) is 4.78. The van der Waals surface area contributed by atoms with Crippen LogP contribution in [0.4, 0.5) is 0 Å². The second kappa shape index (κ2) is 5.44. The molecule has 0 aliphatic heterocycles. The molecule has 3 aromatic rings. The lowest BCUT2D eigenvalue weighted by atomic mass is 9.98. The normalized spacial score (nSPS) is 10.8. The van der Waals surface area contributed by atoms with Crippen LogP contribution in [-0.4, -0.2) is 11.0 Å². The fraction of sp³-hybridized carbons (Fsp3) is 0.0588. The van der Waals surface area contributed by atoms with Crippen LogP contribution in [0.25, 0.3) is 22.2 Å². The van der Waals surface area contributed by atoms with Gasteiger partial charge in [-0.3, -0.25) is 0 Å². The van der Waals surface area contributed by atoms with Crippen LogP contribution in [0.1, 0.15) is 15.9 Å². The molecule has 0 atom stereocenters. The van der Waals surface area contributed by atoms with Gasteiger partial charge >= 0.3 is 0 Å². The maximum atomic E-state index is 11.6. The van der Waals surface area contributed by atoms with E-state index in [0.29, 0.717) is 22.2 Å². The van der Waals surface area contributed by atoms with Gasteiger partial charge in [0, 0.05) is 20.1 Å². The molecule has 3 nitrogen and oxygen atoms in total. The predicted molar refractivity (Wildman–Crippen MR) is 89.0 cm³/mol. The van der Waals surface area contributed by atoms with E-state index in [1.165, 1.54) is 0 Å². The van der Waals surface area contributed by atoms with Crippen molar-refractivity contribution >= 4 is 39.5 Å². The van der Waals surface area contributed by atoms with Gasteiger partial charge < -0.3 is 9.90 Å². The van der Waals surface area contributed by atoms with E-state index in [0.717, 1.165) is 9.13 Å². The molecule has 0 saturated carbocycles. The summed E-state index contributed by atoms with van der Waals surface area (Å²) in [7, 11) is 0. The van der Waals surface area contributed by atoms with Crippen molar-refractivity contribution in [3.05, 3.63) is 63.2 Å². The molecule has 4 heteroatoms. The number of halogens is 1. The van der Waals surface area contributed by atoms with Gasteiger partial charge in [0.15, 0.2) is 0 Å². The summed E-state index contributed by atoms with van der Waals surface area (Å²) in [4.78, 5) is 16.2. The van der Waals surface area contributed by atoms with E-state index in [9.17, 15) is 9.90 Å². The standard InChI is InChI=1S/C17H12INO2/c1-10-15(17(20)21)13-9-12(18)7-8-14(13)19-16(10)11-5-3-2-4-6-11/h2-9H,1H3,(H,20,21)/p-1. The first-order valence-corrected chi connectivity index (χ1v) is 7.52. The Bertz CT molecular complexity index is 844. The number of hydrogen-bond acceptors (Lipinski definition) is 3. The Kier molecular flexibility index (Phi) is 3.63. The summed E-state index contributed by atoms with van der Waals surface area (Å²) in [5.41, 5.74) is 3.11. The lowest BCUT2D eigenvalue weighted by Crippen LogP contribution is -2.24. The quantitative estimate of drug-likeness (QED) is 0.634. The van der Waals surface area contributed by atoms with E-state index in [1.807, 2.05) is 48.5 Å². The zero-order chi connectivity index (χ0) is 15.0. The summed E-state index contributed by atoms with van der Waals surface area (Å²) in [6, 6.07) is 15.2. The van der Waals surface area contributed by atoms with Crippen LogP contribution in [0.2, 0.25) is 0 Å². The molecular formula is C17H11INO2-. The van der Waals surface area contributed by atoms with Crippen molar-refractivity contribution in [3.8, 4) is 11.3 Å². The number of carbonyl (C=O) groups is 1. The fourth-order valence-corrected chi connectivity index (χ4v) is 2.96. The van der Waals surface area contributed by atoms with Crippen molar-refractivity contribution in [3.63, 3.8) is 0 Å². The van der Waals surface area contributed by atoms with E-state index in [-0.39, 0.29) is 5.56 Å². The zero-order valence-corrected chi connectivity index (χ0v) is 13.4. The van der Waals surface area contributed by atoms with Gasteiger partial charge in [0.05, 0.1) is 17.2 Å². The molecule has 0 fully saturated rings.